The zero-order valence-corrected chi connectivity index (χ0v) is 12.7. The molecule has 0 atom stereocenters. The van der Waals surface area contributed by atoms with Crippen LogP contribution in [-0.2, 0) is 9.84 Å². The first-order chi connectivity index (χ1) is 7.62. The molecular weight excluding hydrogens is 236 g/mol. The fraction of sp³-hybridized carbons (Fsp3) is 1.00. The zero-order valence-electron chi connectivity index (χ0n) is 11.9. The summed E-state index contributed by atoms with van der Waals surface area (Å²) in [5.41, 5.74) is 5.48. The van der Waals surface area contributed by atoms with Crippen molar-refractivity contribution in [2.24, 2.45) is 5.73 Å². The maximum atomic E-state index is 12.0. The fourth-order valence-corrected chi connectivity index (χ4v) is 2.55. The van der Waals surface area contributed by atoms with Crippen LogP contribution in [-0.4, -0.2) is 49.5 Å². The number of hydrogen-bond donors (Lipinski definition) is 1. The Bertz CT molecular complexity index is 305. The van der Waals surface area contributed by atoms with Gasteiger partial charge in [-0.25, -0.2) is 8.42 Å². The lowest BCUT2D eigenvalue weighted by Gasteiger charge is -2.28. The molecule has 5 heteroatoms. The molecule has 17 heavy (non-hydrogen) atoms. The Labute approximate surface area is 106 Å². The van der Waals surface area contributed by atoms with Gasteiger partial charge >= 0.3 is 0 Å². The van der Waals surface area contributed by atoms with E-state index in [1.807, 2.05) is 0 Å². The van der Waals surface area contributed by atoms with Gasteiger partial charge in [0.15, 0.2) is 9.84 Å². The minimum absolute atomic E-state index is 0.221. The molecule has 0 saturated heterocycles. The summed E-state index contributed by atoms with van der Waals surface area (Å²) in [5, 5.41) is 0. The van der Waals surface area contributed by atoms with E-state index in [2.05, 4.69) is 18.7 Å². The van der Waals surface area contributed by atoms with Gasteiger partial charge in [-0.3, -0.25) is 4.90 Å². The lowest BCUT2D eigenvalue weighted by Crippen LogP contribution is -2.40. The second-order valence-corrected chi connectivity index (χ2v) is 8.57. The molecule has 0 fully saturated rings. The van der Waals surface area contributed by atoms with E-state index >= 15 is 0 Å². The predicted molar refractivity (Wildman–Crippen MR) is 73.9 cm³/mol. The molecule has 104 valence electrons. The summed E-state index contributed by atoms with van der Waals surface area (Å²) in [6, 6.07) is 0.358. The summed E-state index contributed by atoms with van der Waals surface area (Å²) >= 11 is 0. The molecule has 0 saturated carbocycles. The number of sulfone groups is 1. The Kier molecular flexibility index (Phi) is 6.66. The Morgan fingerprint density at radius 3 is 2.06 bits per heavy atom. The third-order valence-corrected chi connectivity index (χ3v) is 5.55. The van der Waals surface area contributed by atoms with Gasteiger partial charge in [-0.05, 0) is 54.1 Å². The number of nitrogens with zero attached hydrogens (tertiary/aromatic N) is 1. The van der Waals surface area contributed by atoms with Gasteiger partial charge in [0.2, 0.25) is 0 Å². The highest BCUT2D eigenvalue weighted by molar-refractivity contribution is 7.92. The van der Waals surface area contributed by atoms with Crippen molar-refractivity contribution in [3.63, 3.8) is 0 Å². The average molecular weight is 264 g/mol. The molecule has 0 aliphatic heterocycles. The Morgan fingerprint density at radius 1 is 1.18 bits per heavy atom. The van der Waals surface area contributed by atoms with Gasteiger partial charge in [0, 0.05) is 12.6 Å². The summed E-state index contributed by atoms with van der Waals surface area (Å²) < 4.78 is 23.3. The van der Waals surface area contributed by atoms with Gasteiger partial charge in [-0.1, -0.05) is 0 Å². The van der Waals surface area contributed by atoms with Crippen LogP contribution in [0, 0.1) is 0 Å². The van der Waals surface area contributed by atoms with Crippen molar-refractivity contribution in [3.8, 4) is 0 Å². The number of nitrogens with two attached hydrogens (primary N) is 1. The molecule has 0 bridgehead atoms. The van der Waals surface area contributed by atoms with Crippen molar-refractivity contribution in [1.29, 1.82) is 0 Å². The van der Waals surface area contributed by atoms with E-state index in [0.717, 1.165) is 13.0 Å². The monoisotopic (exact) mass is 264 g/mol. The third-order valence-electron chi connectivity index (χ3n) is 2.96. The minimum Gasteiger partial charge on any atom is -0.330 e. The van der Waals surface area contributed by atoms with Gasteiger partial charge in [0.25, 0.3) is 0 Å². The molecule has 0 radical (unpaired) electrons. The molecule has 0 amide bonds. The van der Waals surface area contributed by atoms with Crippen molar-refractivity contribution in [2.75, 3.05) is 25.4 Å². The van der Waals surface area contributed by atoms with Gasteiger partial charge in [-0.2, -0.15) is 0 Å². The molecule has 0 aromatic rings. The highest BCUT2D eigenvalue weighted by Gasteiger charge is 2.29. The molecule has 0 aliphatic rings. The first-order valence-electron chi connectivity index (χ1n) is 6.28. The highest BCUT2D eigenvalue weighted by atomic mass is 32.2. The van der Waals surface area contributed by atoms with Gasteiger partial charge in [0.1, 0.15) is 0 Å². The lowest BCUT2D eigenvalue weighted by atomic mass is 10.3. The molecule has 0 aromatic carbocycles. The van der Waals surface area contributed by atoms with Crippen molar-refractivity contribution >= 4 is 9.84 Å². The van der Waals surface area contributed by atoms with Crippen molar-refractivity contribution in [1.82, 2.24) is 4.90 Å². The number of rotatable bonds is 7. The van der Waals surface area contributed by atoms with Crippen LogP contribution in [0.15, 0.2) is 0 Å². The predicted octanol–water partition coefficient (Wildman–Crippen LogP) is 1.26. The van der Waals surface area contributed by atoms with Crippen LogP contribution in [0.1, 0.15) is 41.0 Å². The highest BCUT2D eigenvalue weighted by Crippen LogP contribution is 2.16. The maximum absolute atomic E-state index is 12.0. The fourth-order valence-electron chi connectivity index (χ4n) is 1.47. The summed E-state index contributed by atoms with van der Waals surface area (Å²) in [5.74, 6) is 0.221. The molecule has 0 rings (SSSR count). The van der Waals surface area contributed by atoms with Gasteiger partial charge in [-0.15, -0.1) is 0 Å². The van der Waals surface area contributed by atoms with E-state index < -0.39 is 14.6 Å². The molecule has 2 N–H and O–H groups in total. The van der Waals surface area contributed by atoms with E-state index in [0.29, 0.717) is 19.1 Å². The average Bonchev–Trinajstić information content (AvgIpc) is 2.15. The van der Waals surface area contributed by atoms with Crippen LogP contribution in [0.3, 0.4) is 0 Å². The Morgan fingerprint density at radius 2 is 1.71 bits per heavy atom. The molecule has 0 aromatic heterocycles. The Balaban J connectivity index is 4.41. The summed E-state index contributed by atoms with van der Waals surface area (Å²) in [7, 11) is -3.02. The van der Waals surface area contributed by atoms with E-state index in [1.54, 1.807) is 20.8 Å². The van der Waals surface area contributed by atoms with E-state index in [-0.39, 0.29) is 5.75 Å². The van der Waals surface area contributed by atoms with E-state index in [9.17, 15) is 8.42 Å². The number of hydrogen-bond acceptors (Lipinski definition) is 4. The molecular formula is C12H28N2O2S. The first-order valence-corrected chi connectivity index (χ1v) is 7.93. The van der Waals surface area contributed by atoms with Crippen LogP contribution < -0.4 is 5.73 Å². The molecule has 0 aliphatic carbocycles. The second-order valence-electron chi connectivity index (χ2n) is 5.70. The quantitative estimate of drug-likeness (QED) is 0.752. The summed E-state index contributed by atoms with van der Waals surface area (Å²) in [6.45, 7) is 11.5. The smallest absolute Gasteiger partial charge is 0.156 e. The third kappa shape index (κ3) is 5.84. The minimum atomic E-state index is -3.02. The second kappa shape index (κ2) is 6.71. The molecule has 4 nitrogen and oxygen atoms in total. The summed E-state index contributed by atoms with van der Waals surface area (Å²) in [6.07, 6.45) is 0.910. The Hall–Kier alpha value is -0.130. The topological polar surface area (TPSA) is 63.4 Å². The zero-order chi connectivity index (χ0) is 13.7. The standard InChI is InChI=1S/C12H28N2O2S/c1-11(2)14(8-6-7-13)9-10-17(15,16)12(3,4)5/h11H,6-10,13H2,1-5H3. The van der Waals surface area contributed by atoms with Crippen LogP contribution in [0.4, 0.5) is 0 Å². The van der Waals surface area contributed by atoms with Crippen molar-refractivity contribution < 1.29 is 8.42 Å². The van der Waals surface area contributed by atoms with Crippen LogP contribution >= 0.6 is 0 Å². The van der Waals surface area contributed by atoms with Gasteiger partial charge < -0.3 is 5.73 Å². The lowest BCUT2D eigenvalue weighted by molar-refractivity contribution is 0.233. The van der Waals surface area contributed by atoms with Gasteiger partial charge in [0.05, 0.1) is 10.5 Å². The maximum Gasteiger partial charge on any atom is 0.156 e. The van der Waals surface area contributed by atoms with E-state index in [4.69, 9.17) is 5.73 Å². The molecule has 0 spiro atoms. The molecule has 0 heterocycles. The van der Waals surface area contributed by atoms with Crippen LogP contribution in [0.2, 0.25) is 0 Å². The summed E-state index contributed by atoms with van der Waals surface area (Å²) in [4.78, 5) is 2.18. The first kappa shape index (κ1) is 16.9. The SMILES string of the molecule is CC(C)N(CCCN)CCS(=O)(=O)C(C)(C)C. The van der Waals surface area contributed by atoms with E-state index in [1.165, 1.54) is 0 Å². The largest absolute Gasteiger partial charge is 0.330 e. The van der Waals surface area contributed by atoms with Crippen LogP contribution in [0.5, 0.6) is 0 Å². The van der Waals surface area contributed by atoms with Crippen LogP contribution in [0.25, 0.3) is 0 Å². The van der Waals surface area contributed by atoms with Crippen molar-refractivity contribution in [3.05, 3.63) is 0 Å². The molecule has 0 unspecified atom stereocenters. The van der Waals surface area contributed by atoms with Crippen molar-refractivity contribution in [2.45, 2.75) is 51.8 Å². The normalized spacial score (nSPS) is 13.6.